The van der Waals surface area contributed by atoms with Crippen molar-refractivity contribution in [3.8, 4) is 17.2 Å². The number of ether oxygens (including phenoxy) is 2. The average molecular weight is 477 g/mol. The van der Waals surface area contributed by atoms with Crippen LogP contribution in [0.4, 0.5) is 0 Å². The minimum atomic E-state index is -0.439. The van der Waals surface area contributed by atoms with Gasteiger partial charge in [0.2, 0.25) is 6.29 Å². The fourth-order valence-corrected chi connectivity index (χ4v) is 3.76. The first kappa shape index (κ1) is 23.4. The van der Waals surface area contributed by atoms with Crippen LogP contribution in [0.2, 0.25) is 5.02 Å². The molecule has 2 N–H and O–H groups in total. The number of aryl methyl sites for hydroxylation is 1. The van der Waals surface area contributed by atoms with Gasteiger partial charge in [-0.2, -0.15) is 5.10 Å². The number of hydrazone groups is 1. The molecule has 1 heterocycles. The summed E-state index contributed by atoms with van der Waals surface area (Å²) >= 11 is 5.86. The lowest BCUT2D eigenvalue weighted by Gasteiger charge is -2.05. The number of rotatable bonds is 8. The Morgan fingerprint density at radius 2 is 1.97 bits per heavy atom. The van der Waals surface area contributed by atoms with Gasteiger partial charge in [0.05, 0.1) is 11.2 Å². The van der Waals surface area contributed by atoms with Crippen LogP contribution in [0.15, 0.2) is 71.8 Å². The SMILES string of the molecule is CC1Oc2cc(/C=N/NC(=O)c3ccc(O)c(Cl)c3)cc(/C=C/CCCc3ccccc3)c2O1. The lowest BCUT2D eigenvalue weighted by Crippen LogP contribution is -2.17. The zero-order valence-electron chi connectivity index (χ0n) is 18.7. The number of benzene rings is 3. The molecule has 1 atom stereocenters. The predicted molar refractivity (Wildman–Crippen MR) is 134 cm³/mol. The van der Waals surface area contributed by atoms with Crippen LogP contribution in [-0.2, 0) is 6.42 Å². The molecule has 0 radical (unpaired) electrons. The number of phenols is 1. The quantitative estimate of drug-likeness (QED) is 0.239. The number of allylic oxidation sites excluding steroid dienone is 1. The molecule has 0 saturated heterocycles. The third kappa shape index (κ3) is 5.97. The summed E-state index contributed by atoms with van der Waals surface area (Å²) in [7, 11) is 0. The molecule has 0 bridgehead atoms. The lowest BCUT2D eigenvalue weighted by molar-refractivity contribution is 0.0677. The number of amides is 1. The van der Waals surface area contributed by atoms with Gasteiger partial charge in [0, 0.05) is 18.1 Å². The van der Waals surface area contributed by atoms with Crippen molar-refractivity contribution in [1.29, 1.82) is 0 Å². The van der Waals surface area contributed by atoms with E-state index in [4.69, 9.17) is 21.1 Å². The fourth-order valence-electron chi connectivity index (χ4n) is 3.58. The summed E-state index contributed by atoms with van der Waals surface area (Å²) in [6.45, 7) is 1.84. The summed E-state index contributed by atoms with van der Waals surface area (Å²) in [4.78, 5) is 12.3. The standard InChI is InChI=1S/C27H25ClN2O4/c1-18-33-25-15-20(17-29-30-27(32)22-12-13-24(31)23(28)16-22)14-21(26(25)34-18)11-7-3-6-10-19-8-4-2-5-9-19/h2,4-5,7-9,11-18,31H,3,6,10H2,1H3,(H,30,32)/b11-7+,29-17+. The maximum absolute atomic E-state index is 12.3. The van der Waals surface area contributed by atoms with E-state index in [0.717, 1.165) is 30.4 Å². The predicted octanol–water partition coefficient (Wildman–Crippen LogP) is 5.96. The summed E-state index contributed by atoms with van der Waals surface area (Å²) in [5, 5.41) is 13.6. The van der Waals surface area contributed by atoms with Crippen LogP contribution < -0.4 is 14.9 Å². The molecule has 0 aromatic heterocycles. The van der Waals surface area contributed by atoms with Crippen molar-refractivity contribution in [2.24, 2.45) is 5.10 Å². The highest BCUT2D eigenvalue weighted by Gasteiger charge is 2.23. The third-order valence-corrected chi connectivity index (χ3v) is 5.55. The van der Waals surface area contributed by atoms with Crippen molar-refractivity contribution >= 4 is 29.8 Å². The molecule has 174 valence electrons. The molecule has 1 unspecified atom stereocenters. The van der Waals surface area contributed by atoms with Crippen LogP contribution in [0.25, 0.3) is 6.08 Å². The van der Waals surface area contributed by atoms with Gasteiger partial charge in [0.15, 0.2) is 11.5 Å². The zero-order chi connectivity index (χ0) is 23.9. The van der Waals surface area contributed by atoms with Crippen LogP contribution in [0.5, 0.6) is 17.2 Å². The second-order valence-electron chi connectivity index (χ2n) is 7.89. The van der Waals surface area contributed by atoms with Gasteiger partial charge in [0.1, 0.15) is 5.75 Å². The van der Waals surface area contributed by atoms with Gasteiger partial charge in [-0.05, 0) is 60.7 Å². The van der Waals surface area contributed by atoms with Crippen LogP contribution in [0.3, 0.4) is 0 Å². The Kier molecular flexibility index (Phi) is 7.50. The first-order valence-corrected chi connectivity index (χ1v) is 11.4. The number of carbonyl (C=O) groups excluding carboxylic acids is 1. The third-order valence-electron chi connectivity index (χ3n) is 5.25. The molecule has 0 saturated carbocycles. The largest absolute Gasteiger partial charge is 0.506 e. The number of hydrogen-bond acceptors (Lipinski definition) is 5. The topological polar surface area (TPSA) is 80.2 Å². The molecule has 4 rings (SSSR count). The summed E-state index contributed by atoms with van der Waals surface area (Å²) < 4.78 is 11.6. The molecule has 34 heavy (non-hydrogen) atoms. The van der Waals surface area contributed by atoms with Crippen LogP contribution in [0.1, 0.15) is 46.8 Å². The zero-order valence-corrected chi connectivity index (χ0v) is 19.5. The van der Waals surface area contributed by atoms with Gasteiger partial charge < -0.3 is 14.6 Å². The number of phenolic OH excluding ortho intramolecular Hbond substituents is 1. The van der Waals surface area contributed by atoms with E-state index in [1.165, 1.54) is 23.8 Å². The molecular formula is C27H25ClN2O4. The Morgan fingerprint density at radius 3 is 2.76 bits per heavy atom. The van der Waals surface area contributed by atoms with Gasteiger partial charge in [-0.15, -0.1) is 0 Å². The summed E-state index contributed by atoms with van der Waals surface area (Å²) in [6, 6.07) is 18.4. The number of aromatic hydroxyl groups is 1. The van der Waals surface area contributed by atoms with Crippen molar-refractivity contribution in [2.45, 2.75) is 32.5 Å². The smallest absolute Gasteiger partial charge is 0.271 e. The van der Waals surface area contributed by atoms with E-state index in [1.54, 1.807) is 6.21 Å². The molecule has 1 amide bonds. The van der Waals surface area contributed by atoms with E-state index in [2.05, 4.69) is 40.9 Å². The number of halogens is 1. The van der Waals surface area contributed by atoms with Gasteiger partial charge in [-0.3, -0.25) is 4.79 Å². The first-order chi connectivity index (χ1) is 16.5. The molecule has 1 aliphatic heterocycles. The lowest BCUT2D eigenvalue weighted by atomic mass is 10.1. The molecule has 3 aromatic rings. The normalized spacial score (nSPS) is 14.7. The molecule has 0 aliphatic carbocycles. The molecule has 6 nitrogen and oxygen atoms in total. The second kappa shape index (κ2) is 10.9. The van der Waals surface area contributed by atoms with Crippen molar-refractivity contribution < 1.29 is 19.4 Å². The van der Waals surface area contributed by atoms with E-state index >= 15 is 0 Å². The molecule has 0 fully saturated rings. The highest BCUT2D eigenvalue weighted by molar-refractivity contribution is 6.32. The molecule has 0 spiro atoms. The maximum Gasteiger partial charge on any atom is 0.271 e. The number of nitrogens with one attached hydrogen (secondary N) is 1. The number of fused-ring (bicyclic) bond motifs is 1. The van der Waals surface area contributed by atoms with Gasteiger partial charge in [-0.1, -0.05) is 54.1 Å². The van der Waals surface area contributed by atoms with Crippen LogP contribution in [0, 0.1) is 0 Å². The molecule has 3 aromatic carbocycles. The number of hydrogen-bond donors (Lipinski definition) is 2. The van der Waals surface area contributed by atoms with Gasteiger partial charge in [0.25, 0.3) is 5.91 Å². The first-order valence-electron chi connectivity index (χ1n) is 11.0. The number of nitrogens with zero attached hydrogens (tertiary/aromatic N) is 1. The Labute approximate surface area is 203 Å². The van der Waals surface area contributed by atoms with Gasteiger partial charge >= 0.3 is 0 Å². The van der Waals surface area contributed by atoms with Crippen molar-refractivity contribution in [2.75, 3.05) is 0 Å². The Hall–Kier alpha value is -3.77. The highest BCUT2D eigenvalue weighted by atomic mass is 35.5. The average Bonchev–Trinajstić information content (AvgIpc) is 3.21. The highest BCUT2D eigenvalue weighted by Crippen LogP contribution is 2.39. The molecular weight excluding hydrogens is 452 g/mol. The second-order valence-corrected chi connectivity index (χ2v) is 8.29. The summed E-state index contributed by atoms with van der Waals surface area (Å²) in [6.07, 6.45) is 8.33. The fraction of sp³-hybridized carbons (Fsp3) is 0.185. The van der Waals surface area contributed by atoms with E-state index < -0.39 is 5.91 Å². The number of carbonyl (C=O) groups is 1. The van der Waals surface area contributed by atoms with Crippen molar-refractivity contribution in [1.82, 2.24) is 5.43 Å². The summed E-state index contributed by atoms with van der Waals surface area (Å²) in [5.74, 6) is 0.812. The summed E-state index contributed by atoms with van der Waals surface area (Å²) in [5.41, 5.74) is 5.73. The van der Waals surface area contributed by atoms with E-state index in [9.17, 15) is 9.90 Å². The van der Waals surface area contributed by atoms with Crippen molar-refractivity contribution in [3.05, 3.63) is 94.0 Å². The maximum atomic E-state index is 12.3. The Bertz CT molecular complexity index is 1220. The van der Waals surface area contributed by atoms with Crippen LogP contribution in [-0.4, -0.2) is 23.5 Å². The van der Waals surface area contributed by atoms with Crippen LogP contribution >= 0.6 is 11.6 Å². The van der Waals surface area contributed by atoms with E-state index in [1.807, 2.05) is 31.2 Å². The minimum Gasteiger partial charge on any atom is -0.506 e. The van der Waals surface area contributed by atoms with E-state index in [-0.39, 0.29) is 17.1 Å². The van der Waals surface area contributed by atoms with Gasteiger partial charge in [-0.25, -0.2) is 5.43 Å². The molecule has 7 heteroatoms. The van der Waals surface area contributed by atoms with E-state index in [0.29, 0.717) is 17.1 Å². The monoisotopic (exact) mass is 476 g/mol. The van der Waals surface area contributed by atoms with Crippen molar-refractivity contribution in [3.63, 3.8) is 0 Å². The Morgan fingerprint density at radius 1 is 1.15 bits per heavy atom. The minimum absolute atomic E-state index is 0.0862. The molecule has 1 aliphatic rings. The Balaban J connectivity index is 1.41. The number of unbranched alkanes of at least 4 members (excludes halogenated alkanes) is 1.